The molecule has 0 spiro atoms. The number of nitrogens with zero attached hydrogens (tertiary/aromatic N) is 2. The number of cyclic esters (lactones) is 1. The van der Waals surface area contributed by atoms with Crippen molar-refractivity contribution in [3.63, 3.8) is 0 Å². The van der Waals surface area contributed by atoms with E-state index in [1.807, 2.05) is 0 Å². The first-order valence-corrected chi connectivity index (χ1v) is 7.67. The molecule has 25 heavy (non-hydrogen) atoms. The Morgan fingerprint density at radius 3 is 2.56 bits per heavy atom. The van der Waals surface area contributed by atoms with Crippen LogP contribution < -0.4 is 16.4 Å². The Morgan fingerprint density at radius 2 is 2.04 bits per heavy atom. The van der Waals surface area contributed by atoms with Crippen LogP contribution in [0.4, 0.5) is 19.7 Å². The van der Waals surface area contributed by atoms with Gasteiger partial charge in [0.25, 0.3) is 5.91 Å². The number of hydrogen-bond donors (Lipinski definition) is 2. The number of hydrogen-bond acceptors (Lipinski definition) is 4. The van der Waals surface area contributed by atoms with Crippen LogP contribution in [0.3, 0.4) is 0 Å². The highest BCUT2D eigenvalue weighted by atomic mass is 19.1. The third-order valence-corrected chi connectivity index (χ3v) is 4.26. The van der Waals surface area contributed by atoms with Crippen molar-refractivity contribution < 1.29 is 23.5 Å². The van der Waals surface area contributed by atoms with E-state index >= 15 is 0 Å². The molecule has 4 N–H and O–H groups in total. The van der Waals surface area contributed by atoms with Gasteiger partial charge in [0, 0.05) is 18.7 Å². The number of primary amides is 2. The molecule has 1 unspecified atom stereocenters. The first-order chi connectivity index (χ1) is 11.9. The highest BCUT2D eigenvalue weighted by Gasteiger charge is 2.36. The Balaban J connectivity index is 1.79. The highest BCUT2D eigenvalue weighted by molar-refractivity contribution is 5.95. The van der Waals surface area contributed by atoms with Crippen molar-refractivity contribution in [1.82, 2.24) is 4.90 Å². The van der Waals surface area contributed by atoms with E-state index in [-0.39, 0.29) is 12.2 Å². The molecule has 0 aromatic heterocycles. The molecule has 8 nitrogen and oxygen atoms in total. The Bertz CT molecular complexity index is 779. The van der Waals surface area contributed by atoms with Crippen LogP contribution in [0.5, 0.6) is 0 Å². The Labute approximate surface area is 142 Å². The maximum absolute atomic E-state index is 14.5. The van der Waals surface area contributed by atoms with Crippen molar-refractivity contribution in [2.45, 2.75) is 12.5 Å². The fourth-order valence-electron chi connectivity index (χ4n) is 2.87. The van der Waals surface area contributed by atoms with E-state index in [2.05, 4.69) is 0 Å². The summed E-state index contributed by atoms with van der Waals surface area (Å²) in [5, 5.41) is 0. The maximum atomic E-state index is 14.5. The van der Waals surface area contributed by atoms with Crippen LogP contribution in [0.2, 0.25) is 0 Å². The van der Waals surface area contributed by atoms with Crippen LogP contribution >= 0.6 is 0 Å². The molecule has 1 fully saturated rings. The van der Waals surface area contributed by atoms with Gasteiger partial charge in [-0.15, -0.1) is 0 Å². The van der Waals surface area contributed by atoms with E-state index < -0.39 is 30.0 Å². The van der Waals surface area contributed by atoms with Gasteiger partial charge in [-0.2, -0.15) is 0 Å². The molecule has 3 rings (SSSR count). The van der Waals surface area contributed by atoms with Crippen LogP contribution in [-0.2, 0) is 9.53 Å². The molecule has 132 valence electrons. The SMILES string of the molecule is NC(=O)C1CN(c2ccc(C3=CCN(C(N)=O)CC3)c(F)c2)C(=O)O1. The van der Waals surface area contributed by atoms with Gasteiger partial charge in [0.15, 0.2) is 6.10 Å². The highest BCUT2D eigenvalue weighted by Crippen LogP contribution is 2.29. The standard InChI is InChI=1S/C16H17FN4O4/c17-12-7-10(21-8-13(14(18)22)25-16(21)24)1-2-11(12)9-3-5-20(6-4-9)15(19)23/h1-3,7,13H,4-6,8H2,(H2,18,22)(H2,19,23). The van der Waals surface area contributed by atoms with Gasteiger partial charge in [0.05, 0.1) is 12.2 Å². The lowest BCUT2D eigenvalue weighted by Crippen LogP contribution is -2.38. The minimum absolute atomic E-state index is 0.0524. The zero-order valence-corrected chi connectivity index (χ0v) is 13.3. The summed E-state index contributed by atoms with van der Waals surface area (Å²) >= 11 is 0. The predicted molar refractivity (Wildman–Crippen MR) is 87.0 cm³/mol. The molecule has 1 aromatic carbocycles. The fourth-order valence-corrected chi connectivity index (χ4v) is 2.87. The molecule has 0 bridgehead atoms. The van der Waals surface area contributed by atoms with Crippen LogP contribution in [0.15, 0.2) is 24.3 Å². The number of urea groups is 1. The number of carbonyl (C=O) groups is 3. The quantitative estimate of drug-likeness (QED) is 0.840. The van der Waals surface area contributed by atoms with E-state index in [0.29, 0.717) is 25.1 Å². The normalized spacial score (nSPS) is 20.3. The summed E-state index contributed by atoms with van der Waals surface area (Å²) in [5.74, 6) is -1.26. The van der Waals surface area contributed by atoms with Crippen molar-refractivity contribution >= 4 is 29.3 Å². The van der Waals surface area contributed by atoms with E-state index in [1.54, 1.807) is 18.2 Å². The van der Waals surface area contributed by atoms with Crippen molar-refractivity contribution in [1.29, 1.82) is 0 Å². The Morgan fingerprint density at radius 1 is 1.28 bits per heavy atom. The molecule has 9 heteroatoms. The molecule has 2 aliphatic rings. The van der Waals surface area contributed by atoms with Gasteiger partial charge in [-0.1, -0.05) is 6.08 Å². The maximum Gasteiger partial charge on any atom is 0.415 e. The molecule has 2 heterocycles. The van der Waals surface area contributed by atoms with Gasteiger partial charge in [0.2, 0.25) is 0 Å². The molecule has 4 amide bonds. The largest absolute Gasteiger partial charge is 0.434 e. The van der Waals surface area contributed by atoms with Gasteiger partial charge >= 0.3 is 12.1 Å². The third-order valence-electron chi connectivity index (χ3n) is 4.26. The van der Waals surface area contributed by atoms with Crippen LogP contribution in [0, 0.1) is 5.82 Å². The summed E-state index contributed by atoms with van der Waals surface area (Å²) in [4.78, 5) is 36.7. The molecule has 0 radical (unpaired) electrons. The molecular formula is C16H17FN4O4. The fraction of sp³-hybridized carbons (Fsp3) is 0.312. The van der Waals surface area contributed by atoms with Crippen molar-refractivity contribution in [2.24, 2.45) is 11.5 Å². The number of halogens is 1. The topological polar surface area (TPSA) is 119 Å². The van der Waals surface area contributed by atoms with Crippen LogP contribution in [0.25, 0.3) is 5.57 Å². The van der Waals surface area contributed by atoms with E-state index in [9.17, 15) is 18.8 Å². The van der Waals surface area contributed by atoms with Gasteiger partial charge in [-0.05, 0) is 30.2 Å². The average Bonchev–Trinajstić information content (AvgIpc) is 2.97. The molecule has 2 aliphatic heterocycles. The molecule has 0 saturated carbocycles. The number of benzene rings is 1. The van der Waals surface area contributed by atoms with E-state index in [4.69, 9.17) is 16.2 Å². The molecule has 1 atom stereocenters. The second-order valence-electron chi connectivity index (χ2n) is 5.81. The van der Waals surface area contributed by atoms with Gasteiger partial charge < -0.3 is 21.1 Å². The van der Waals surface area contributed by atoms with Crippen LogP contribution in [-0.4, -0.2) is 48.7 Å². The van der Waals surface area contributed by atoms with Gasteiger partial charge in [0.1, 0.15) is 5.82 Å². The lowest BCUT2D eigenvalue weighted by Gasteiger charge is -2.25. The zero-order valence-electron chi connectivity index (χ0n) is 13.3. The lowest BCUT2D eigenvalue weighted by molar-refractivity contribution is -0.124. The number of carbonyl (C=O) groups excluding carboxylic acids is 3. The minimum atomic E-state index is -1.05. The second-order valence-corrected chi connectivity index (χ2v) is 5.81. The average molecular weight is 348 g/mol. The number of nitrogens with two attached hydrogens (primary N) is 2. The van der Waals surface area contributed by atoms with E-state index in [1.165, 1.54) is 11.0 Å². The van der Waals surface area contributed by atoms with E-state index in [0.717, 1.165) is 10.5 Å². The van der Waals surface area contributed by atoms with Crippen molar-refractivity contribution in [3.8, 4) is 0 Å². The molecular weight excluding hydrogens is 331 g/mol. The lowest BCUT2D eigenvalue weighted by atomic mass is 9.98. The van der Waals surface area contributed by atoms with Crippen LogP contribution in [0.1, 0.15) is 12.0 Å². The molecule has 0 aliphatic carbocycles. The molecule has 1 saturated heterocycles. The first-order valence-electron chi connectivity index (χ1n) is 7.67. The summed E-state index contributed by atoms with van der Waals surface area (Å²) in [5.41, 5.74) is 11.8. The first kappa shape index (κ1) is 16.7. The summed E-state index contributed by atoms with van der Waals surface area (Å²) < 4.78 is 19.3. The monoisotopic (exact) mass is 348 g/mol. The smallest absolute Gasteiger partial charge is 0.415 e. The summed E-state index contributed by atoms with van der Waals surface area (Å²) in [7, 11) is 0. The predicted octanol–water partition coefficient (Wildman–Crippen LogP) is 0.804. The number of anilines is 1. The van der Waals surface area contributed by atoms with Crippen molar-refractivity contribution in [3.05, 3.63) is 35.7 Å². The van der Waals surface area contributed by atoms with Gasteiger partial charge in [-0.25, -0.2) is 14.0 Å². The number of rotatable bonds is 3. The number of ether oxygens (including phenoxy) is 1. The third kappa shape index (κ3) is 3.25. The number of amides is 4. The summed E-state index contributed by atoms with van der Waals surface area (Å²) in [6.07, 6.45) is 0.440. The molecule has 1 aromatic rings. The van der Waals surface area contributed by atoms with Gasteiger partial charge in [-0.3, -0.25) is 9.69 Å². The minimum Gasteiger partial charge on any atom is -0.434 e. The summed E-state index contributed by atoms with van der Waals surface area (Å²) in [6, 6.07) is 3.83. The summed E-state index contributed by atoms with van der Waals surface area (Å²) in [6.45, 7) is 0.689. The Kier molecular flexibility index (Phi) is 4.30. The zero-order chi connectivity index (χ0) is 18.1. The van der Waals surface area contributed by atoms with Crippen molar-refractivity contribution in [2.75, 3.05) is 24.5 Å². The Hall–Kier alpha value is -3.10. The second kappa shape index (κ2) is 6.42.